The Kier molecular flexibility index (Phi) is 4.34. The van der Waals surface area contributed by atoms with Crippen LogP contribution in [0.5, 0.6) is 0 Å². The van der Waals surface area contributed by atoms with Crippen LogP contribution >= 0.6 is 15.9 Å². The summed E-state index contributed by atoms with van der Waals surface area (Å²) in [5.74, 6) is -0.260. The first-order valence-electron chi connectivity index (χ1n) is 6.23. The molecule has 1 aromatic carbocycles. The maximum atomic E-state index is 13.2. The van der Waals surface area contributed by atoms with Crippen molar-refractivity contribution >= 4 is 27.6 Å². The van der Waals surface area contributed by atoms with Gasteiger partial charge in [0.25, 0.3) is 5.91 Å². The van der Waals surface area contributed by atoms with Gasteiger partial charge in [-0.05, 0) is 47.0 Å². The van der Waals surface area contributed by atoms with Crippen molar-refractivity contribution in [2.24, 2.45) is 0 Å². The number of benzene rings is 1. The minimum atomic E-state index is -0.387. The summed E-state index contributed by atoms with van der Waals surface area (Å²) in [6, 6.07) is 4.33. The molecule has 0 heterocycles. The van der Waals surface area contributed by atoms with Crippen LogP contribution in [0.4, 0.5) is 4.39 Å². The Morgan fingerprint density at radius 3 is 2.58 bits per heavy atom. The van der Waals surface area contributed by atoms with Crippen LogP contribution in [0.25, 0.3) is 0 Å². The second kappa shape index (κ2) is 5.82. The average Bonchev–Trinajstić information content (AvgIpc) is 2.41. The van der Waals surface area contributed by atoms with Gasteiger partial charge in [-0.15, -0.1) is 0 Å². The van der Waals surface area contributed by atoms with E-state index >= 15 is 0 Å². The number of nitrogens with zero attached hydrogens (tertiary/aromatic N) is 1. The first-order valence-corrected chi connectivity index (χ1v) is 7.02. The van der Waals surface area contributed by atoms with E-state index < -0.39 is 0 Å². The fraction of sp³-hybridized carbons (Fsp3) is 0.429. The van der Waals surface area contributed by atoms with Crippen molar-refractivity contribution < 1.29 is 14.0 Å². The lowest BCUT2D eigenvalue weighted by molar-refractivity contribution is -0.121. The van der Waals surface area contributed by atoms with Gasteiger partial charge in [0.1, 0.15) is 11.6 Å². The van der Waals surface area contributed by atoms with Gasteiger partial charge in [0.15, 0.2) is 0 Å². The van der Waals surface area contributed by atoms with Crippen molar-refractivity contribution in [1.29, 1.82) is 0 Å². The first-order chi connectivity index (χ1) is 8.99. The van der Waals surface area contributed by atoms with Crippen LogP contribution in [0.15, 0.2) is 22.7 Å². The molecule has 1 saturated carbocycles. The molecule has 0 radical (unpaired) electrons. The van der Waals surface area contributed by atoms with Crippen molar-refractivity contribution in [2.45, 2.75) is 31.7 Å². The van der Waals surface area contributed by atoms with Crippen LogP contribution in [0.2, 0.25) is 0 Å². The van der Waals surface area contributed by atoms with Crippen LogP contribution in [0, 0.1) is 5.82 Å². The molecule has 0 spiro atoms. The number of amides is 1. The lowest BCUT2D eigenvalue weighted by Crippen LogP contribution is -2.39. The van der Waals surface area contributed by atoms with Crippen molar-refractivity contribution in [3.63, 3.8) is 0 Å². The Morgan fingerprint density at radius 1 is 1.37 bits per heavy atom. The Balaban J connectivity index is 2.10. The smallest absolute Gasteiger partial charge is 0.253 e. The third-order valence-electron chi connectivity index (χ3n) is 3.55. The molecule has 1 aliphatic carbocycles. The van der Waals surface area contributed by atoms with E-state index in [1.807, 2.05) is 0 Å². The van der Waals surface area contributed by atoms with Crippen molar-refractivity contribution in [3.05, 3.63) is 34.1 Å². The summed E-state index contributed by atoms with van der Waals surface area (Å²) in [4.78, 5) is 25.1. The second-order valence-corrected chi connectivity index (χ2v) is 5.67. The molecular formula is C14H15BrFNO2. The fourth-order valence-corrected chi connectivity index (χ4v) is 2.69. The molecule has 2 rings (SSSR count). The average molecular weight is 328 g/mol. The van der Waals surface area contributed by atoms with Gasteiger partial charge in [0, 0.05) is 31.5 Å². The number of carbonyl (C=O) groups is 2. The molecule has 1 amide bonds. The SMILES string of the molecule is CN(C(=O)c1ccc(F)c(Br)c1)C1CCC(=O)CC1. The van der Waals surface area contributed by atoms with E-state index in [1.165, 1.54) is 18.2 Å². The Labute approximate surface area is 119 Å². The van der Waals surface area contributed by atoms with E-state index in [0.29, 0.717) is 31.2 Å². The van der Waals surface area contributed by atoms with Crippen molar-refractivity contribution in [2.75, 3.05) is 7.05 Å². The molecule has 0 saturated heterocycles. The summed E-state index contributed by atoms with van der Waals surface area (Å²) in [5, 5.41) is 0. The zero-order chi connectivity index (χ0) is 14.0. The van der Waals surface area contributed by atoms with E-state index in [2.05, 4.69) is 15.9 Å². The molecule has 1 aliphatic rings. The minimum Gasteiger partial charge on any atom is -0.339 e. The second-order valence-electron chi connectivity index (χ2n) is 4.81. The maximum absolute atomic E-state index is 13.2. The molecule has 0 aliphatic heterocycles. The lowest BCUT2D eigenvalue weighted by Gasteiger charge is -2.30. The van der Waals surface area contributed by atoms with Gasteiger partial charge in [0.2, 0.25) is 0 Å². The van der Waals surface area contributed by atoms with Crippen molar-refractivity contribution in [1.82, 2.24) is 4.90 Å². The molecule has 1 fully saturated rings. The topological polar surface area (TPSA) is 37.4 Å². The Morgan fingerprint density at radius 2 is 2.00 bits per heavy atom. The van der Waals surface area contributed by atoms with Crippen LogP contribution in [-0.4, -0.2) is 29.7 Å². The van der Waals surface area contributed by atoms with Gasteiger partial charge in [-0.2, -0.15) is 0 Å². The van der Waals surface area contributed by atoms with Crippen LogP contribution in [0.1, 0.15) is 36.0 Å². The number of hydrogen-bond donors (Lipinski definition) is 0. The largest absolute Gasteiger partial charge is 0.339 e. The van der Waals surface area contributed by atoms with Gasteiger partial charge >= 0.3 is 0 Å². The lowest BCUT2D eigenvalue weighted by atomic mass is 9.93. The van der Waals surface area contributed by atoms with Gasteiger partial charge < -0.3 is 4.90 Å². The summed E-state index contributed by atoms with van der Waals surface area (Å²) >= 11 is 3.08. The van der Waals surface area contributed by atoms with Gasteiger partial charge in [0.05, 0.1) is 4.47 Å². The zero-order valence-corrected chi connectivity index (χ0v) is 12.2. The highest BCUT2D eigenvalue weighted by Crippen LogP contribution is 2.23. The van der Waals surface area contributed by atoms with E-state index in [4.69, 9.17) is 0 Å². The molecule has 5 heteroatoms. The van der Waals surface area contributed by atoms with E-state index in [1.54, 1.807) is 11.9 Å². The number of rotatable bonds is 2. The van der Waals surface area contributed by atoms with E-state index in [9.17, 15) is 14.0 Å². The highest BCUT2D eigenvalue weighted by molar-refractivity contribution is 9.10. The van der Waals surface area contributed by atoms with Crippen molar-refractivity contribution in [3.8, 4) is 0 Å². The number of hydrogen-bond acceptors (Lipinski definition) is 2. The quantitative estimate of drug-likeness (QED) is 0.836. The molecule has 0 bridgehead atoms. The first kappa shape index (κ1) is 14.2. The fourth-order valence-electron chi connectivity index (χ4n) is 2.31. The Hall–Kier alpha value is -1.23. The number of halogens is 2. The predicted molar refractivity (Wildman–Crippen MR) is 73.5 cm³/mol. The van der Waals surface area contributed by atoms with E-state index in [-0.39, 0.29) is 28.0 Å². The summed E-state index contributed by atoms with van der Waals surface area (Å²) in [6.07, 6.45) is 2.50. The molecule has 19 heavy (non-hydrogen) atoms. The number of ketones is 1. The zero-order valence-electron chi connectivity index (χ0n) is 10.7. The third kappa shape index (κ3) is 3.21. The normalized spacial score (nSPS) is 16.5. The maximum Gasteiger partial charge on any atom is 0.253 e. The standard InChI is InChI=1S/C14H15BrFNO2/c1-17(10-3-5-11(18)6-4-10)14(19)9-2-7-13(16)12(15)8-9/h2,7-8,10H,3-6H2,1H3. The Bertz CT molecular complexity index is 508. The molecule has 1 aromatic rings. The molecule has 0 unspecified atom stereocenters. The molecule has 0 aromatic heterocycles. The summed E-state index contributed by atoms with van der Waals surface area (Å²) in [7, 11) is 1.74. The van der Waals surface area contributed by atoms with Gasteiger partial charge in [-0.1, -0.05) is 0 Å². The molecular weight excluding hydrogens is 313 g/mol. The van der Waals surface area contributed by atoms with Crippen LogP contribution in [0.3, 0.4) is 0 Å². The van der Waals surface area contributed by atoms with Crippen LogP contribution in [-0.2, 0) is 4.79 Å². The van der Waals surface area contributed by atoms with Gasteiger partial charge in [-0.25, -0.2) is 4.39 Å². The molecule has 102 valence electrons. The molecule has 3 nitrogen and oxygen atoms in total. The number of Topliss-reactive ketones (excluding diaryl/α,β-unsaturated/α-hetero) is 1. The highest BCUT2D eigenvalue weighted by atomic mass is 79.9. The highest BCUT2D eigenvalue weighted by Gasteiger charge is 2.26. The van der Waals surface area contributed by atoms with Crippen LogP contribution < -0.4 is 0 Å². The van der Waals surface area contributed by atoms with Gasteiger partial charge in [-0.3, -0.25) is 9.59 Å². The number of carbonyl (C=O) groups excluding carboxylic acids is 2. The van der Waals surface area contributed by atoms with E-state index in [0.717, 1.165) is 0 Å². The predicted octanol–water partition coefficient (Wildman–Crippen LogP) is 3.17. The monoisotopic (exact) mass is 327 g/mol. The summed E-state index contributed by atoms with van der Waals surface area (Å²) in [6.45, 7) is 0. The molecule has 0 atom stereocenters. The third-order valence-corrected chi connectivity index (χ3v) is 4.16. The minimum absolute atomic E-state index is 0.0917. The molecule has 0 N–H and O–H groups in total. The summed E-state index contributed by atoms with van der Waals surface area (Å²) in [5.41, 5.74) is 0.452. The summed E-state index contributed by atoms with van der Waals surface area (Å²) < 4.78 is 13.4.